The molecular formula is C19H15Cl3N2O3. The van der Waals surface area contributed by atoms with Crippen LogP contribution in [0.2, 0.25) is 15.1 Å². The van der Waals surface area contributed by atoms with Gasteiger partial charge in [0.2, 0.25) is 0 Å². The molecule has 0 saturated carbocycles. The minimum Gasteiger partial charge on any atom is -0.497 e. The maximum Gasteiger partial charge on any atom is 0.280 e. The van der Waals surface area contributed by atoms with Crippen LogP contribution >= 0.6 is 34.8 Å². The van der Waals surface area contributed by atoms with Gasteiger partial charge in [0.25, 0.3) is 5.91 Å². The van der Waals surface area contributed by atoms with E-state index in [9.17, 15) is 4.79 Å². The van der Waals surface area contributed by atoms with Gasteiger partial charge in [-0.3, -0.25) is 4.79 Å². The number of benzene rings is 2. The quantitative estimate of drug-likeness (QED) is 0.610. The molecule has 3 rings (SSSR count). The SMILES string of the molecule is COc1ccc(OC)c(/C=C2\C(=O)N(c3c(Cl)cc(Cl)cc3Cl)N=C2C)c1. The highest BCUT2D eigenvalue weighted by Gasteiger charge is 2.32. The Morgan fingerprint density at radius 2 is 1.70 bits per heavy atom. The molecule has 1 aliphatic rings. The van der Waals surface area contributed by atoms with E-state index in [1.807, 2.05) is 0 Å². The first-order valence-corrected chi connectivity index (χ1v) is 8.97. The van der Waals surface area contributed by atoms with Crippen LogP contribution in [0.5, 0.6) is 11.5 Å². The summed E-state index contributed by atoms with van der Waals surface area (Å²) in [5.74, 6) is 0.886. The van der Waals surface area contributed by atoms with Crippen LogP contribution < -0.4 is 14.5 Å². The van der Waals surface area contributed by atoms with Gasteiger partial charge < -0.3 is 9.47 Å². The lowest BCUT2D eigenvalue weighted by Crippen LogP contribution is -2.22. The van der Waals surface area contributed by atoms with E-state index in [4.69, 9.17) is 44.3 Å². The molecule has 0 spiro atoms. The van der Waals surface area contributed by atoms with Crippen LogP contribution in [-0.2, 0) is 4.79 Å². The fourth-order valence-electron chi connectivity index (χ4n) is 2.68. The van der Waals surface area contributed by atoms with Crippen LogP contribution in [-0.4, -0.2) is 25.8 Å². The molecule has 8 heteroatoms. The number of halogens is 3. The van der Waals surface area contributed by atoms with Crippen molar-refractivity contribution in [1.82, 2.24) is 0 Å². The van der Waals surface area contributed by atoms with Gasteiger partial charge >= 0.3 is 0 Å². The molecule has 2 aromatic carbocycles. The summed E-state index contributed by atoms with van der Waals surface area (Å²) < 4.78 is 10.6. The zero-order valence-corrected chi connectivity index (χ0v) is 17.0. The maximum atomic E-state index is 13.0. The minimum absolute atomic E-state index is 0.234. The largest absolute Gasteiger partial charge is 0.497 e. The van der Waals surface area contributed by atoms with Gasteiger partial charge in [-0.2, -0.15) is 10.1 Å². The van der Waals surface area contributed by atoms with Gasteiger partial charge in [-0.1, -0.05) is 34.8 Å². The number of methoxy groups -OCH3 is 2. The second kappa shape index (κ2) is 7.80. The zero-order valence-electron chi connectivity index (χ0n) is 14.7. The van der Waals surface area contributed by atoms with Gasteiger partial charge in [0.05, 0.1) is 35.5 Å². The van der Waals surface area contributed by atoms with Crippen LogP contribution in [0, 0.1) is 0 Å². The smallest absolute Gasteiger partial charge is 0.280 e. The van der Waals surface area contributed by atoms with Crippen LogP contribution in [0.4, 0.5) is 5.69 Å². The second-order valence-electron chi connectivity index (χ2n) is 5.69. The summed E-state index contributed by atoms with van der Waals surface area (Å²) in [6.07, 6.45) is 1.69. The molecule has 2 aromatic rings. The average molecular weight is 426 g/mol. The highest BCUT2D eigenvalue weighted by Crippen LogP contribution is 2.39. The summed E-state index contributed by atoms with van der Waals surface area (Å²) in [4.78, 5) is 13.0. The van der Waals surface area contributed by atoms with Crippen LogP contribution in [0.15, 0.2) is 41.0 Å². The van der Waals surface area contributed by atoms with Crippen molar-refractivity contribution in [2.45, 2.75) is 6.92 Å². The first-order valence-electron chi connectivity index (χ1n) is 7.84. The number of rotatable bonds is 4. The fourth-order valence-corrected chi connectivity index (χ4v) is 3.66. The third kappa shape index (κ3) is 3.76. The monoisotopic (exact) mass is 424 g/mol. The highest BCUT2D eigenvalue weighted by molar-refractivity contribution is 6.44. The van der Waals surface area contributed by atoms with E-state index in [0.717, 1.165) is 0 Å². The maximum absolute atomic E-state index is 13.0. The highest BCUT2D eigenvalue weighted by atomic mass is 35.5. The van der Waals surface area contributed by atoms with E-state index < -0.39 is 0 Å². The number of amides is 1. The van der Waals surface area contributed by atoms with Crippen LogP contribution in [0.3, 0.4) is 0 Å². The van der Waals surface area contributed by atoms with Crippen molar-refractivity contribution in [2.24, 2.45) is 5.10 Å². The number of nitrogens with zero attached hydrogens (tertiary/aromatic N) is 2. The molecule has 0 aromatic heterocycles. The van der Waals surface area contributed by atoms with Crippen molar-refractivity contribution >= 4 is 58.2 Å². The summed E-state index contributed by atoms with van der Waals surface area (Å²) in [6.45, 7) is 1.73. The Bertz CT molecular complexity index is 963. The molecule has 0 aliphatic carbocycles. The predicted octanol–water partition coefficient (Wildman–Crippen LogP) is 5.47. The molecule has 0 N–H and O–H groups in total. The van der Waals surface area contributed by atoms with E-state index in [0.29, 0.717) is 33.4 Å². The average Bonchev–Trinajstić information content (AvgIpc) is 2.89. The molecule has 27 heavy (non-hydrogen) atoms. The van der Waals surface area contributed by atoms with Gasteiger partial charge in [-0.25, -0.2) is 0 Å². The van der Waals surface area contributed by atoms with Gasteiger partial charge in [0.15, 0.2) is 0 Å². The van der Waals surface area contributed by atoms with Crippen LogP contribution in [0.1, 0.15) is 12.5 Å². The van der Waals surface area contributed by atoms with E-state index >= 15 is 0 Å². The summed E-state index contributed by atoms with van der Waals surface area (Å²) in [7, 11) is 3.12. The zero-order chi connectivity index (χ0) is 19.7. The van der Waals surface area contributed by atoms with Gasteiger partial charge in [-0.05, 0) is 43.3 Å². The molecule has 1 aliphatic heterocycles. The van der Waals surface area contributed by atoms with Crippen molar-refractivity contribution in [3.8, 4) is 11.5 Å². The lowest BCUT2D eigenvalue weighted by molar-refractivity contribution is -0.114. The Hall–Kier alpha value is -2.21. The number of hydrogen-bond acceptors (Lipinski definition) is 4. The molecule has 0 atom stereocenters. The topological polar surface area (TPSA) is 51.1 Å². The Morgan fingerprint density at radius 1 is 1.04 bits per heavy atom. The Labute approximate surface area is 171 Å². The molecule has 1 heterocycles. The predicted molar refractivity (Wildman–Crippen MR) is 110 cm³/mol. The Balaban J connectivity index is 2.06. The number of carbonyl (C=O) groups is 1. The van der Waals surface area contributed by atoms with E-state index in [2.05, 4.69) is 5.10 Å². The first kappa shape index (κ1) is 19.5. The lowest BCUT2D eigenvalue weighted by atomic mass is 10.1. The third-order valence-corrected chi connectivity index (χ3v) is 4.79. The van der Waals surface area contributed by atoms with Crippen LogP contribution in [0.25, 0.3) is 6.08 Å². The van der Waals surface area contributed by atoms with Crippen molar-refractivity contribution in [2.75, 3.05) is 19.2 Å². The number of ether oxygens (including phenoxy) is 2. The molecule has 0 saturated heterocycles. The van der Waals surface area contributed by atoms with Crippen molar-refractivity contribution < 1.29 is 14.3 Å². The first-order chi connectivity index (χ1) is 12.8. The minimum atomic E-state index is -0.358. The summed E-state index contributed by atoms with van der Waals surface area (Å²) >= 11 is 18.4. The number of hydrazone groups is 1. The Kier molecular flexibility index (Phi) is 5.65. The number of anilines is 1. The molecule has 0 unspecified atom stereocenters. The number of hydrogen-bond donors (Lipinski definition) is 0. The summed E-state index contributed by atoms with van der Waals surface area (Å²) in [5, 5.41) is 6.33. The van der Waals surface area contributed by atoms with E-state index in [-0.39, 0.29) is 21.6 Å². The molecule has 0 bridgehead atoms. The van der Waals surface area contributed by atoms with Gasteiger partial charge in [0.1, 0.15) is 17.2 Å². The molecular weight excluding hydrogens is 411 g/mol. The van der Waals surface area contributed by atoms with Gasteiger partial charge in [-0.15, -0.1) is 0 Å². The standard InChI is InChI=1S/C19H15Cl3N2O3/c1-10-14(7-11-6-13(26-2)4-5-17(11)27-3)19(25)24(23-10)18-15(21)8-12(20)9-16(18)22/h4-9H,1-3H3/b14-7-. The van der Waals surface area contributed by atoms with Crippen molar-refractivity contribution in [1.29, 1.82) is 0 Å². The molecule has 140 valence electrons. The Morgan fingerprint density at radius 3 is 2.30 bits per heavy atom. The van der Waals surface area contributed by atoms with Crippen molar-refractivity contribution in [3.05, 3.63) is 56.5 Å². The second-order valence-corrected chi connectivity index (χ2v) is 6.94. The van der Waals surface area contributed by atoms with E-state index in [1.165, 1.54) is 17.1 Å². The lowest BCUT2D eigenvalue weighted by Gasteiger charge is -2.15. The summed E-state index contributed by atoms with van der Waals surface area (Å²) in [5.41, 5.74) is 1.88. The molecule has 1 amide bonds. The molecule has 0 fully saturated rings. The molecule has 5 nitrogen and oxygen atoms in total. The normalized spacial score (nSPS) is 15.3. The third-order valence-electron chi connectivity index (χ3n) is 3.99. The van der Waals surface area contributed by atoms with E-state index in [1.54, 1.807) is 45.4 Å². The van der Waals surface area contributed by atoms with Gasteiger partial charge in [0, 0.05) is 10.6 Å². The number of carbonyl (C=O) groups excluding carboxylic acids is 1. The summed E-state index contributed by atoms with van der Waals surface area (Å²) in [6, 6.07) is 8.33. The molecule has 0 radical (unpaired) electrons. The van der Waals surface area contributed by atoms with Crippen molar-refractivity contribution in [3.63, 3.8) is 0 Å². The fraction of sp³-hybridized carbons (Fsp3) is 0.158.